The zero-order chi connectivity index (χ0) is 16.9. The molecule has 0 spiro atoms. The molecule has 1 saturated heterocycles. The molecule has 124 valence electrons. The highest BCUT2D eigenvalue weighted by atomic mass is 19.4. The highest BCUT2D eigenvalue weighted by molar-refractivity contribution is 5.63. The fourth-order valence-corrected chi connectivity index (χ4v) is 3.38. The molecule has 23 heavy (non-hydrogen) atoms. The number of alkyl halides is 5. The fourth-order valence-electron chi connectivity index (χ4n) is 3.38. The number of benzene rings is 1. The maximum atomic E-state index is 13.0. The molecule has 0 aromatic heterocycles. The maximum Gasteiger partial charge on any atom is 0.416 e. The number of nitrogens with zero attached hydrogens (tertiary/aromatic N) is 2. The van der Waals surface area contributed by atoms with Crippen molar-refractivity contribution >= 4 is 11.4 Å². The molecule has 1 aromatic rings. The molecule has 1 saturated carbocycles. The molecule has 1 heterocycles. The van der Waals surface area contributed by atoms with E-state index in [9.17, 15) is 27.1 Å². The maximum absolute atomic E-state index is 13.0. The third kappa shape index (κ3) is 2.74. The van der Waals surface area contributed by atoms with E-state index in [1.807, 2.05) is 0 Å². The van der Waals surface area contributed by atoms with Gasteiger partial charge in [0.15, 0.2) is 11.8 Å². The summed E-state index contributed by atoms with van der Waals surface area (Å²) in [6.07, 6.45) is -9.56. The van der Waals surface area contributed by atoms with Crippen molar-refractivity contribution in [1.29, 1.82) is 0 Å². The van der Waals surface area contributed by atoms with Gasteiger partial charge in [0.1, 0.15) is 0 Å². The van der Waals surface area contributed by atoms with Crippen LogP contribution >= 0.6 is 0 Å². The normalized spacial score (nSPS) is 27.7. The highest BCUT2D eigenvalue weighted by Gasteiger charge is 2.60. The first kappa shape index (κ1) is 16.0. The number of hydrogen-bond donors (Lipinski definition) is 1. The van der Waals surface area contributed by atoms with Crippen LogP contribution in [0.2, 0.25) is 0 Å². The van der Waals surface area contributed by atoms with E-state index in [-0.39, 0.29) is 23.2 Å². The minimum absolute atomic E-state index is 0.0486. The molecule has 3 nitrogen and oxygen atoms in total. The number of anilines is 1. The Morgan fingerprint density at radius 2 is 2.00 bits per heavy atom. The molecule has 4 atom stereocenters. The zero-order valence-corrected chi connectivity index (χ0v) is 11.8. The van der Waals surface area contributed by atoms with Gasteiger partial charge < -0.3 is 10.0 Å². The van der Waals surface area contributed by atoms with Crippen molar-refractivity contribution < 1.29 is 27.1 Å². The van der Waals surface area contributed by atoms with Gasteiger partial charge >= 0.3 is 6.18 Å². The van der Waals surface area contributed by atoms with Gasteiger partial charge in [0, 0.05) is 17.8 Å². The average Bonchev–Trinajstić information content (AvgIpc) is 3.15. The van der Waals surface area contributed by atoms with Gasteiger partial charge in [-0.15, -0.1) is 0 Å². The van der Waals surface area contributed by atoms with Crippen molar-refractivity contribution in [3.63, 3.8) is 0 Å². The Hall–Kier alpha value is -1.88. The molecule has 8 heteroatoms. The second-order valence-electron chi connectivity index (χ2n) is 5.94. The van der Waals surface area contributed by atoms with Gasteiger partial charge in [-0.05, 0) is 30.4 Å². The van der Waals surface area contributed by atoms with Gasteiger partial charge in [-0.2, -0.15) is 13.2 Å². The van der Waals surface area contributed by atoms with Crippen LogP contribution in [-0.2, 0) is 0 Å². The molecule has 2 fully saturated rings. The number of fused-ring (bicyclic) bond motifs is 1. The molecular formula is C15H13F5N2O. The summed E-state index contributed by atoms with van der Waals surface area (Å²) in [5, 5.41) is 9.63. The van der Waals surface area contributed by atoms with Gasteiger partial charge in [-0.3, -0.25) is 0 Å². The third-order valence-corrected chi connectivity index (χ3v) is 4.56. The highest BCUT2D eigenvalue weighted by Crippen LogP contribution is 2.53. The molecule has 1 aromatic carbocycles. The first-order chi connectivity index (χ1) is 10.7. The molecule has 0 unspecified atom stereocenters. The Labute approximate surface area is 129 Å². The summed E-state index contributed by atoms with van der Waals surface area (Å²) >= 11 is 0. The summed E-state index contributed by atoms with van der Waals surface area (Å²) in [5.74, 6) is -0.227. The van der Waals surface area contributed by atoms with Gasteiger partial charge in [0.05, 0.1) is 12.6 Å². The van der Waals surface area contributed by atoms with E-state index in [4.69, 9.17) is 6.57 Å². The van der Waals surface area contributed by atoms with Crippen LogP contribution in [0.15, 0.2) is 18.2 Å². The lowest BCUT2D eigenvalue weighted by Gasteiger charge is -2.34. The van der Waals surface area contributed by atoms with Crippen LogP contribution in [0.3, 0.4) is 0 Å². The number of aliphatic hydroxyl groups is 1. The largest absolute Gasteiger partial charge is 0.416 e. The molecule has 1 N–H and O–H groups in total. The lowest BCUT2D eigenvalue weighted by atomic mass is 10.0. The predicted molar refractivity (Wildman–Crippen MR) is 72.5 cm³/mol. The van der Waals surface area contributed by atoms with E-state index in [1.54, 1.807) is 0 Å². The predicted octanol–water partition coefficient (Wildman–Crippen LogP) is 3.92. The average molecular weight is 332 g/mol. The summed E-state index contributed by atoms with van der Waals surface area (Å²) in [6, 6.07) is 2.44. The number of piperidine rings is 1. The lowest BCUT2D eigenvalue weighted by molar-refractivity contribution is -0.210. The molecule has 0 radical (unpaired) electrons. The van der Waals surface area contributed by atoms with E-state index in [0.717, 1.165) is 6.07 Å². The molecule has 0 amide bonds. The molecule has 0 bridgehead atoms. The summed E-state index contributed by atoms with van der Waals surface area (Å²) < 4.78 is 64.7. The lowest BCUT2D eigenvalue weighted by Crippen LogP contribution is -2.49. The molecule has 1 aliphatic heterocycles. The fraction of sp³-hybridized carbons (Fsp3) is 0.533. The third-order valence-electron chi connectivity index (χ3n) is 4.56. The summed E-state index contributed by atoms with van der Waals surface area (Å²) in [5.41, 5.74) is -0.535. The van der Waals surface area contributed by atoms with E-state index in [1.165, 1.54) is 17.0 Å². The first-order valence-electron chi connectivity index (χ1n) is 7.05. The SMILES string of the molecule is [C-]#[N+]c1ccc(N2C[C@@H]3C[C@@H]3[C@@H]2[C@H](O)C(F)(F)F)cc1C(F)F. The van der Waals surface area contributed by atoms with E-state index < -0.39 is 30.3 Å². The number of rotatable bonds is 3. The van der Waals surface area contributed by atoms with Crippen molar-refractivity contribution in [3.05, 3.63) is 35.2 Å². The molecule has 1 aliphatic carbocycles. The van der Waals surface area contributed by atoms with E-state index in [0.29, 0.717) is 13.0 Å². The van der Waals surface area contributed by atoms with Crippen molar-refractivity contribution in [2.24, 2.45) is 11.8 Å². The van der Waals surface area contributed by atoms with Crippen LogP contribution in [0.4, 0.5) is 33.3 Å². The number of hydrogen-bond acceptors (Lipinski definition) is 2. The van der Waals surface area contributed by atoms with E-state index in [2.05, 4.69) is 4.85 Å². The number of aliphatic hydroxyl groups excluding tert-OH is 1. The Morgan fingerprint density at radius 3 is 2.57 bits per heavy atom. The van der Waals surface area contributed by atoms with Crippen LogP contribution in [0, 0.1) is 18.4 Å². The summed E-state index contributed by atoms with van der Waals surface area (Å²) in [4.78, 5) is 4.34. The minimum Gasteiger partial charge on any atom is -0.382 e. The Kier molecular flexibility index (Phi) is 3.71. The van der Waals surface area contributed by atoms with Crippen LogP contribution in [0.25, 0.3) is 4.85 Å². The Balaban J connectivity index is 1.95. The number of halogens is 5. The summed E-state index contributed by atoms with van der Waals surface area (Å²) in [6.45, 7) is 7.17. The van der Waals surface area contributed by atoms with Crippen LogP contribution < -0.4 is 4.90 Å². The van der Waals surface area contributed by atoms with Gasteiger partial charge in [0.25, 0.3) is 6.43 Å². The van der Waals surface area contributed by atoms with Crippen molar-refractivity contribution in [2.75, 3.05) is 11.4 Å². The zero-order valence-electron chi connectivity index (χ0n) is 11.8. The van der Waals surface area contributed by atoms with Gasteiger partial charge in [0.2, 0.25) is 0 Å². The van der Waals surface area contributed by atoms with Crippen LogP contribution in [-0.4, -0.2) is 30.0 Å². The summed E-state index contributed by atoms with van der Waals surface area (Å²) in [7, 11) is 0. The Morgan fingerprint density at radius 1 is 1.30 bits per heavy atom. The minimum atomic E-state index is -4.76. The smallest absolute Gasteiger partial charge is 0.382 e. The monoisotopic (exact) mass is 332 g/mol. The quantitative estimate of drug-likeness (QED) is 0.671. The van der Waals surface area contributed by atoms with Crippen LogP contribution in [0.5, 0.6) is 0 Å². The molecule has 2 aliphatic rings. The van der Waals surface area contributed by atoms with Crippen molar-refractivity contribution in [3.8, 4) is 0 Å². The van der Waals surface area contributed by atoms with E-state index >= 15 is 0 Å². The standard InChI is InChI=1S/C15H13F5N2O/c1-21-11-3-2-8(5-10(11)14(16)17)22-6-7-4-9(7)12(22)13(23)15(18,19)20/h2-3,5,7,9,12-14,23H,4,6H2/t7-,9-,12+,13-/m0/s1. The van der Waals surface area contributed by atoms with Crippen LogP contribution in [0.1, 0.15) is 18.4 Å². The first-order valence-corrected chi connectivity index (χ1v) is 7.05. The van der Waals surface area contributed by atoms with Crippen molar-refractivity contribution in [2.45, 2.75) is 31.2 Å². The molecular weight excluding hydrogens is 319 g/mol. The van der Waals surface area contributed by atoms with Gasteiger partial charge in [-0.25, -0.2) is 13.6 Å². The Bertz CT molecular complexity index is 654. The second kappa shape index (κ2) is 5.34. The second-order valence-corrected chi connectivity index (χ2v) is 5.94. The van der Waals surface area contributed by atoms with Crippen molar-refractivity contribution in [1.82, 2.24) is 0 Å². The molecule has 3 rings (SSSR count). The van der Waals surface area contributed by atoms with Gasteiger partial charge in [-0.1, -0.05) is 6.07 Å². The topological polar surface area (TPSA) is 27.8 Å².